The van der Waals surface area contributed by atoms with Crippen molar-refractivity contribution in [1.29, 1.82) is 0 Å². The molecule has 1 aliphatic heterocycles. The molecular formula is C16H23N3O5. The molecule has 1 amide bonds. The maximum Gasteiger partial charge on any atom is 0.270 e. The third kappa shape index (κ3) is 4.42. The van der Waals surface area contributed by atoms with Crippen LogP contribution in [0, 0.1) is 10.1 Å². The van der Waals surface area contributed by atoms with E-state index in [4.69, 9.17) is 15.2 Å². The van der Waals surface area contributed by atoms with Gasteiger partial charge in [0.2, 0.25) is 0 Å². The van der Waals surface area contributed by atoms with Crippen molar-refractivity contribution in [3.63, 3.8) is 0 Å². The zero-order valence-electron chi connectivity index (χ0n) is 13.8. The molecule has 0 bridgehead atoms. The minimum absolute atomic E-state index is 0.126. The number of carbonyl (C=O) groups excluding carboxylic acids is 1. The van der Waals surface area contributed by atoms with Gasteiger partial charge in [-0.25, -0.2) is 0 Å². The fourth-order valence-corrected chi connectivity index (χ4v) is 2.71. The van der Waals surface area contributed by atoms with Gasteiger partial charge in [0.15, 0.2) is 0 Å². The highest BCUT2D eigenvalue weighted by Gasteiger charge is 2.27. The van der Waals surface area contributed by atoms with Crippen molar-refractivity contribution in [3.8, 4) is 5.75 Å². The van der Waals surface area contributed by atoms with Crippen LogP contribution in [-0.2, 0) is 4.74 Å². The van der Waals surface area contributed by atoms with Gasteiger partial charge in [0.25, 0.3) is 11.6 Å². The Morgan fingerprint density at radius 2 is 2.12 bits per heavy atom. The molecule has 8 nitrogen and oxygen atoms in total. The summed E-state index contributed by atoms with van der Waals surface area (Å²) in [7, 11) is 1.44. The van der Waals surface area contributed by atoms with Gasteiger partial charge in [0.1, 0.15) is 5.75 Å². The fourth-order valence-electron chi connectivity index (χ4n) is 2.71. The Hall–Kier alpha value is -2.19. The van der Waals surface area contributed by atoms with Crippen molar-refractivity contribution in [2.45, 2.75) is 25.4 Å². The predicted molar refractivity (Wildman–Crippen MR) is 88.2 cm³/mol. The number of rotatable bonds is 7. The van der Waals surface area contributed by atoms with E-state index in [-0.39, 0.29) is 23.3 Å². The van der Waals surface area contributed by atoms with E-state index in [1.807, 2.05) is 0 Å². The van der Waals surface area contributed by atoms with Crippen LogP contribution in [0.15, 0.2) is 18.2 Å². The number of likely N-dealkylation sites (tertiary alicyclic amines) is 1. The lowest BCUT2D eigenvalue weighted by molar-refractivity contribution is -0.384. The van der Waals surface area contributed by atoms with Crippen molar-refractivity contribution in [2.24, 2.45) is 5.73 Å². The Labute approximate surface area is 140 Å². The summed E-state index contributed by atoms with van der Waals surface area (Å²) in [4.78, 5) is 24.8. The number of nitrogens with two attached hydrogens (primary N) is 1. The number of ether oxygens (including phenoxy) is 2. The summed E-state index contributed by atoms with van der Waals surface area (Å²) in [6.07, 6.45) is 2.44. The Morgan fingerprint density at radius 1 is 1.42 bits per heavy atom. The van der Waals surface area contributed by atoms with E-state index in [9.17, 15) is 14.9 Å². The van der Waals surface area contributed by atoms with Crippen LogP contribution in [-0.4, -0.2) is 55.2 Å². The number of nitrogens with zero attached hydrogens (tertiary/aromatic N) is 2. The van der Waals surface area contributed by atoms with E-state index in [0.717, 1.165) is 19.3 Å². The lowest BCUT2D eigenvalue weighted by Crippen LogP contribution is -2.41. The number of hydrogen-bond acceptors (Lipinski definition) is 6. The van der Waals surface area contributed by atoms with Crippen LogP contribution in [0.2, 0.25) is 0 Å². The van der Waals surface area contributed by atoms with E-state index in [2.05, 4.69) is 0 Å². The van der Waals surface area contributed by atoms with Gasteiger partial charge in [-0.05, 0) is 31.9 Å². The van der Waals surface area contributed by atoms with Crippen LogP contribution in [0.1, 0.15) is 29.6 Å². The average molecular weight is 337 g/mol. The molecule has 1 aromatic rings. The van der Waals surface area contributed by atoms with E-state index in [1.54, 1.807) is 4.90 Å². The second kappa shape index (κ2) is 8.60. The van der Waals surface area contributed by atoms with Gasteiger partial charge in [-0.15, -0.1) is 0 Å². The first-order chi connectivity index (χ1) is 11.6. The number of nitro groups is 1. The normalized spacial score (nSPS) is 15.3. The first kappa shape index (κ1) is 18.2. The van der Waals surface area contributed by atoms with Gasteiger partial charge in [0, 0.05) is 31.8 Å². The quantitative estimate of drug-likeness (QED) is 0.460. The second-order valence-corrected chi connectivity index (χ2v) is 5.65. The zero-order chi connectivity index (χ0) is 17.5. The topological polar surface area (TPSA) is 108 Å². The van der Waals surface area contributed by atoms with E-state index >= 15 is 0 Å². The minimum Gasteiger partial charge on any atom is -0.496 e. The second-order valence-electron chi connectivity index (χ2n) is 5.65. The number of hydrogen-bond donors (Lipinski definition) is 1. The third-order valence-electron chi connectivity index (χ3n) is 4.06. The molecule has 2 N–H and O–H groups in total. The Morgan fingerprint density at radius 3 is 2.71 bits per heavy atom. The molecule has 1 aliphatic rings. The van der Waals surface area contributed by atoms with Crippen molar-refractivity contribution < 1.29 is 19.2 Å². The lowest BCUT2D eigenvalue weighted by Gasteiger charge is -2.32. The number of amides is 1. The van der Waals surface area contributed by atoms with Gasteiger partial charge in [-0.3, -0.25) is 14.9 Å². The molecule has 0 unspecified atom stereocenters. The number of piperidine rings is 1. The summed E-state index contributed by atoms with van der Waals surface area (Å²) in [5, 5.41) is 10.9. The van der Waals surface area contributed by atoms with Crippen molar-refractivity contribution in [2.75, 3.05) is 33.4 Å². The van der Waals surface area contributed by atoms with E-state index in [1.165, 1.54) is 25.3 Å². The zero-order valence-corrected chi connectivity index (χ0v) is 13.8. The van der Waals surface area contributed by atoms with Gasteiger partial charge < -0.3 is 20.1 Å². The van der Waals surface area contributed by atoms with Gasteiger partial charge in [-0.2, -0.15) is 0 Å². The molecule has 0 aliphatic carbocycles. The highest BCUT2D eigenvalue weighted by Crippen LogP contribution is 2.26. The minimum atomic E-state index is -0.520. The van der Waals surface area contributed by atoms with E-state index < -0.39 is 4.92 Å². The van der Waals surface area contributed by atoms with Crippen LogP contribution in [0.25, 0.3) is 0 Å². The molecule has 1 fully saturated rings. The molecule has 1 aromatic carbocycles. The maximum absolute atomic E-state index is 12.7. The number of non-ortho nitro benzene ring substituents is 1. The molecule has 24 heavy (non-hydrogen) atoms. The molecule has 0 atom stereocenters. The molecule has 1 heterocycles. The average Bonchev–Trinajstić information content (AvgIpc) is 2.61. The molecule has 0 saturated carbocycles. The van der Waals surface area contributed by atoms with Crippen LogP contribution in [0.3, 0.4) is 0 Å². The molecule has 8 heteroatoms. The van der Waals surface area contributed by atoms with Crippen molar-refractivity contribution in [1.82, 2.24) is 4.90 Å². The smallest absolute Gasteiger partial charge is 0.270 e. The van der Waals surface area contributed by atoms with Crippen molar-refractivity contribution >= 4 is 11.6 Å². The predicted octanol–water partition coefficient (Wildman–Crippen LogP) is 1.57. The summed E-state index contributed by atoms with van der Waals surface area (Å²) in [5.41, 5.74) is 5.53. The highest BCUT2D eigenvalue weighted by molar-refractivity contribution is 5.97. The number of methoxy groups -OCH3 is 1. The summed E-state index contributed by atoms with van der Waals surface area (Å²) in [6.45, 7) is 2.34. The number of nitro benzene ring substituents is 1. The number of carbonyl (C=O) groups is 1. The van der Waals surface area contributed by atoms with Crippen LogP contribution in [0.4, 0.5) is 5.69 Å². The monoisotopic (exact) mass is 337 g/mol. The first-order valence-corrected chi connectivity index (χ1v) is 8.00. The van der Waals surface area contributed by atoms with Crippen LogP contribution >= 0.6 is 0 Å². The van der Waals surface area contributed by atoms with Crippen LogP contribution in [0.5, 0.6) is 5.75 Å². The van der Waals surface area contributed by atoms with Gasteiger partial charge in [-0.1, -0.05) is 0 Å². The molecule has 2 rings (SSSR count). The number of benzene rings is 1. The van der Waals surface area contributed by atoms with Crippen molar-refractivity contribution in [3.05, 3.63) is 33.9 Å². The standard InChI is InChI=1S/C16H23N3O5/c1-23-15-4-3-12(19(21)22)11-14(15)16(20)18-8-5-13(6-9-18)24-10-2-7-17/h3-4,11,13H,2,5-10,17H2,1H3. The van der Waals surface area contributed by atoms with Gasteiger partial charge in [0.05, 0.1) is 23.7 Å². The molecular weight excluding hydrogens is 314 g/mol. The lowest BCUT2D eigenvalue weighted by atomic mass is 10.1. The summed E-state index contributed by atoms with van der Waals surface area (Å²) < 4.78 is 10.9. The summed E-state index contributed by atoms with van der Waals surface area (Å²) in [6, 6.07) is 4.05. The molecule has 0 aromatic heterocycles. The fraction of sp³-hybridized carbons (Fsp3) is 0.562. The maximum atomic E-state index is 12.7. The summed E-state index contributed by atoms with van der Waals surface area (Å²) >= 11 is 0. The Balaban J connectivity index is 2.02. The van der Waals surface area contributed by atoms with Crippen LogP contribution < -0.4 is 10.5 Å². The Bertz CT molecular complexity index is 585. The molecule has 1 saturated heterocycles. The van der Waals surface area contributed by atoms with E-state index in [0.29, 0.717) is 32.0 Å². The largest absolute Gasteiger partial charge is 0.496 e. The third-order valence-corrected chi connectivity index (χ3v) is 4.06. The SMILES string of the molecule is COc1ccc([N+](=O)[O-])cc1C(=O)N1CCC(OCCCN)CC1. The Kier molecular flexibility index (Phi) is 6.51. The first-order valence-electron chi connectivity index (χ1n) is 8.00. The highest BCUT2D eigenvalue weighted by atomic mass is 16.6. The molecule has 0 spiro atoms. The summed E-state index contributed by atoms with van der Waals surface area (Å²) in [5.74, 6) is 0.0860. The molecule has 0 radical (unpaired) electrons. The molecule has 132 valence electrons. The van der Waals surface area contributed by atoms with Gasteiger partial charge >= 0.3 is 0 Å².